The lowest BCUT2D eigenvalue weighted by atomic mass is 10.2. The van der Waals surface area contributed by atoms with E-state index in [1.165, 1.54) is 30.3 Å². The van der Waals surface area contributed by atoms with Gasteiger partial charge in [0.25, 0.3) is 5.91 Å². The Balaban J connectivity index is 2.16. The summed E-state index contributed by atoms with van der Waals surface area (Å²) in [6, 6.07) is 9.33. The van der Waals surface area contributed by atoms with Crippen molar-refractivity contribution in [3.8, 4) is 0 Å². The van der Waals surface area contributed by atoms with E-state index < -0.39 is 10.0 Å². The molecular formula is C18H22N2O5S. The molecule has 0 bridgehead atoms. The van der Waals surface area contributed by atoms with Gasteiger partial charge in [-0.2, -0.15) is 0 Å². The van der Waals surface area contributed by atoms with Crippen molar-refractivity contribution >= 4 is 15.9 Å². The van der Waals surface area contributed by atoms with Crippen LogP contribution in [0.2, 0.25) is 0 Å². The van der Waals surface area contributed by atoms with E-state index in [1.807, 2.05) is 0 Å². The predicted molar refractivity (Wildman–Crippen MR) is 97.2 cm³/mol. The van der Waals surface area contributed by atoms with E-state index >= 15 is 0 Å². The predicted octanol–water partition coefficient (Wildman–Crippen LogP) is 2.03. The van der Waals surface area contributed by atoms with Gasteiger partial charge in [0.15, 0.2) is 0 Å². The standard InChI is InChI=1S/C18H22N2O5S/c1-3-10-19-26(22,23)17-8-6-15(7-9-17)18(21)20(11-13-24-2)14-16-5-4-12-25-16/h3-9,12,19H,1,10-11,13-14H2,2H3. The van der Waals surface area contributed by atoms with Gasteiger partial charge in [0.2, 0.25) is 10.0 Å². The molecule has 0 fully saturated rings. The Morgan fingerprint density at radius 3 is 2.62 bits per heavy atom. The van der Waals surface area contributed by atoms with Crippen LogP contribution in [0.4, 0.5) is 0 Å². The zero-order valence-electron chi connectivity index (χ0n) is 14.6. The summed E-state index contributed by atoms with van der Waals surface area (Å²) in [5.74, 6) is 0.420. The summed E-state index contributed by atoms with van der Waals surface area (Å²) < 4.78 is 36.9. The molecule has 1 amide bonds. The van der Waals surface area contributed by atoms with Crippen LogP contribution < -0.4 is 4.72 Å². The van der Waals surface area contributed by atoms with Crippen LogP contribution in [-0.4, -0.2) is 46.0 Å². The zero-order valence-corrected chi connectivity index (χ0v) is 15.4. The molecule has 0 aliphatic heterocycles. The average Bonchev–Trinajstić information content (AvgIpc) is 3.16. The molecule has 7 nitrogen and oxygen atoms in total. The molecule has 26 heavy (non-hydrogen) atoms. The highest BCUT2D eigenvalue weighted by molar-refractivity contribution is 7.89. The van der Waals surface area contributed by atoms with Crippen molar-refractivity contribution in [3.05, 3.63) is 66.6 Å². The molecular weight excluding hydrogens is 356 g/mol. The lowest BCUT2D eigenvalue weighted by Crippen LogP contribution is -2.33. The first-order valence-electron chi connectivity index (χ1n) is 7.99. The third-order valence-corrected chi connectivity index (χ3v) is 5.05. The number of ether oxygens (including phenoxy) is 1. The number of hydrogen-bond donors (Lipinski definition) is 1. The summed E-state index contributed by atoms with van der Waals surface area (Å²) in [7, 11) is -2.06. The summed E-state index contributed by atoms with van der Waals surface area (Å²) in [5.41, 5.74) is 0.385. The Hall–Kier alpha value is -2.42. The molecule has 1 aromatic carbocycles. The maximum absolute atomic E-state index is 12.8. The number of carbonyl (C=O) groups excluding carboxylic acids is 1. The Labute approximate surface area is 153 Å². The molecule has 0 atom stereocenters. The van der Waals surface area contributed by atoms with Crippen LogP contribution in [-0.2, 0) is 21.3 Å². The number of hydrogen-bond acceptors (Lipinski definition) is 5. The Morgan fingerprint density at radius 2 is 2.04 bits per heavy atom. The van der Waals surface area contributed by atoms with Gasteiger partial charge in [-0.1, -0.05) is 6.08 Å². The molecule has 0 radical (unpaired) electrons. The third kappa shape index (κ3) is 5.29. The zero-order chi connectivity index (χ0) is 19.0. The maximum Gasteiger partial charge on any atom is 0.254 e. The molecule has 1 heterocycles. The smallest absolute Gasteiger partial charge is 0.254 e. The van der Waals surface area contributed by atoms with Crippen molar-refractivity contribution in [3.63, 3.8) is 0 Å². The van der Waals surface area contributed by atoms with Crippen LogP contribution in [0.5, 0.6) is 0 Å². The Kier molecular flexibility index (Phi) is 7.14. The molecule has 0 saturated carbocycles. The quantitative estimate of drug-likeness (QED) is 0.639. The molecule has 0 aliphatic carbocycles. The fourth-order valence-corrected chi connectivity index (χ4v) is 3.25. The van der Waals surface area contributed by atoms with Crippen LogP contribution in [0.25, 0.3) is 0 Å². The first-order chi connectivity index (χ1) is 12.5. The van der Waals surface area contributed by atoms with Crippen LogP contribution >= 0.6 is 0 Å². The maximum atomic E-state index is 12.8. The first-order valence-corrected chi connectivity index (χ1v) is 9.47. The number of furan rings is 1. The van der Waals surface area contributed by atoms with Gasteiger partial charge >= 0.3 is 0 Å². The van der Waals surface area contributed by atoms with Crippen LogP contribution in [0, 0.1) is 0 Å². The minimum absolute atomic E-state index is 0.0883. The number of nitrogens with zero attached hydrogens (tertiary/aromatic N) is 1. The fourth-order valence-electron chi connectivity index (χ4n) is 2.26. The van der Waals surface area contributed by atoms with E-state index in [2.05, 4.69) is 11.3 Å². The van der Waals surface area contributed by atoms with Crippen molar-refractivity contribution in [2.75, 3.05) is 26.8 Å². The van der Waals surface area contributed by atoms with Gasteiger partial charge in [0, 0.05) is 25.8 Å². The second-order valence-electron chi connectivity index (χ2n) is 5.46. The van der Waals surface area contributed by atoms with E-state index in [0.29, 0.717) is 31.0 Å². The van der Waals surface area contributed by atoms with Crippen molar-refractivity contribution < 1.29 is 22.4 Å². The summed E-state index contributed by atoms with van der Waals surface area (Å²) >= 11 is 0. The number of carbonyl (C=O) groups is 1. The second-order valence-corrected chi connectivity index (χ2v) is 7.23. The molecule has 1 aromatic heterocycles. The number of rotatable bonds is 10. The molecule has 0 spiro atoms. The number of benzene rings is 1. The van der Waals surface area contributed by atoms with Gasteiger partial charge < -0.3 is 14.1 Å². The highest BCUT2D eigenvalue weighted by atomic mass is 32.2. The summed E-state index contributed by atoms with van der Waals surface area (Å²) in [6.07, 6.45) is 3.00. The SMILES string of the molecule is C=CCNS(=O)(=O)c1ccc(C(=O)N(CCOC)Cc2ccco2)cc1. The van der Waals surface area contributed by atoms with E-state index in [9.17, 15) is 13.2 Å². The second kappa shape index (κ2) is 9.33. The molecule has 0 aliphatic rings. The summed E-state index contributed by atoms with van der Waals surface area (Å²) in [5, 5.41) is 0. The van der Waals surface area contributed by atoms with Crippen LogP contribution in [0.1, 0.15) is 16.1 Å². The van der Waals surface area contributed by atoms with Crippen molar-refractivity contribution in [1.29, 1.82) is 0 Å². The van der Waals surface area contributed by atoms with Crippen molar-refractivity contribution in [2.24, 2.45) is 0 Å². The molecule has 140 valence electrons. The molecule has 2 aromatic rings. The lowest BCUT2D eigenvalue weighted by Gasteiger charge is -2.21. The Bertz CT molecular complexity index is 814. The normalized spacial score (nSPS) is 11.3. The molecule has 2 rings (SSSR count). The van der Waals surface area contributed by atoms with E-state index in [1.54, 1.807) is 30.4 Å². The summed E-state index contributed by atoms with van der Waals surface area (Å²) in [4.78, 5) is 14.4. The van der Waals surface area contributed by atoms with Gasteiger partial charge in [-0.05, 0) is 36.4 Å². The highest BCUT2D eigenvalue weighted by Gasteiger charge is 2.19. The van der Waals surface area contributed by atoms with Crippen molar-refractivity contribution in [2.45, 2.75) is 11.4 Å². The van der Waals surface area contributed by atoms with Gasteiger partial charge in [-0.3, -0.25) is 4.79 Å². The topological polar surface area (TPSA) is 88.9 Å². The minimum Gasteiger partial charge on any atom is -0.467 e. The molecule has 1 N–H and O–H groups in total. The van der Waals surface area contributed by atoms with E-state index in [-0.39, 0.29) is 17.3 Å². The van der Waals surface area contributed by atoms with Crippen molar-refractivity contribution in [1.82, 2.24) is 9.62 Å². The molecule has 0 saturated heterocycles. The number of nitrogens with one attached hydrogen (secondary N) is 1. The van der Waals surface area contributed by atoms with Crippen LogP contribution in [0.15, 0.2) is 64.6 Å². The van der Waals surface area contributed by atoms with E-state index in [0.717, 1.165) is 0 Å². The van der Waals surface area contributed by atoms with E-state index in [4.69, 9.17) is 9.15 Å². The third-order valence-electron chi connectivity index (χ3n) is 3.61. The highest BCUT2D eigenvalue weighted by Crippen LogP contribution is 2.14. The largest absolute Gasteiger partial charge is 0.467 e. The lowest BCUT2D eigenvalue weighted by molar-refractivity contribution is 0.0666. The average molecular weight is 378 g/mol. The minimum atomic E-state index is -3.62. The Morgan fingerprint density at radius 1 is 1.31 bits per heavy atom. The van der Waals surface area contributed by atoms with Gasteiger partial charge in [0.1, 0.15) is 5.76 Å². The number of sulfonamides is 1. The van der Waals surface area contributed by atoms with Gasteiger partial charge in [0.05, 0.1) is 24.3 Å². The van der Waals surface area contributed by atoms with Gasteiger partial charge in [-0.15, -0.1) is 6.58 Å². The first kappa shape index (κ1) is 19.9. The fraction of sp³-hybridized carbons (Fsp3) is 0.278. The molecule has 8 heteroatoms. The molecule has 0 unspecified atom stereocenters. The summed E-state index contributed by atoms with van der Waals surface area (Å²) in [6.45, 7) is 4.68. The van der Waals surface area contributed by atoms with Gasteiger partial charge in [-0.25, -0.2) is 13.1 Å². The number of amides is 1. The number of methoxy groups -OCH3 is 1. The van der Waals surface area contributed by atoms with Crippen LogP contribution in [0.3, 0.4) is 0 Å². The monoisotopic (exact) mass is 378 g/mol.